The van der Waals surface area contributed by atoms with Crippen LogP contribution in [0.4, 0.5) is 0 Å². The van der Waals surface area contributed by atoms with Crippen molar-refractivity contribution in [3.63, 3.8) is 0 Å². The van der Waals surface area contributed by atoms with E-state index in [1.807, 2.05) is 51.3 Å². The van der Waals surface area contributed by atoms with Gasteiger partial charge in [0.15, 0.2) is 0 Å². The van der Waals surface area contributed by atoms with E-state index in [0.29, 0.717) is 55.9 Å². The van der Waals surface area contributed by atoms with Gasteiger partial charge in [0, 0.05) is 25.6 Å². The number of hydrogen-bond donors (Lipinski definition) is 2. The Balaban J connectivity index is 1.53. The molecule has 33 heavy (non-hydrogen) atoms. The van der Waals surface area contributed by atoms with Gasteiger partial charge in [0.25, 0.3) is 0 Å². The molecule has 0 spiro atoms. The Morgan fingerprint density at radius 2 is 1.82 bits per heavy atom. The molecule has 0 radical (unpaired) electrons. The Kier molecular flexibility index (Phi) is 8.31. The average Bonchev–Trinajstić information content (AvgIpc) is 3.32. The molecule has 1 saturated heterocycles. The number of thiophene rings is 1. The molecule has 1 amide bonds. The molecule has 1 aromatic carbocycles. The topological polar surface area (TPSA) is 99.1 Å². The number of rotatable bonds is 8. The highest BCUT2D eigenvalue weighted by Gasteiger charge is 2.34. The number of oxime groups is 1. The molecule has 7 nitrogen and oxygen atoms in total. The molecule has 2 heterocycles. The smallest absolute Gasteiger partial charge is 0.243 e. The number of piperidine rings is 1. The standard InChI is InChI=1S/C24H33N3O4S2/c1-16-15-17(2)19(4)23(18(16)3)33(30,31)27-12-9-20(10-13-27)24(28)25-11-5-7-21(26-29)22-8-6-14-32-22/h6,8,14-15,20,29H,5,7,9-13H2,1-4H3,(H,25,28). The molecule has 0 atom stereocenters. The Hall–Kier alpha value is -2.23. The number of amides is 1. The lowest BCUT2D eigenvalue weighted by Gasteiger charge is -2.31. The maximum absolute atomic E-state index is 13.4. The first kappa shape index (κ1) is 25.4. The van der Waals surface area contributed by atoms with Crippen molar-refractivity contribution in [2.75, 3.05) is 19.6 Å². The summed E-state index contributed by atoms with van der Waals surface area (Å²) in [6.07, 6.45) is 2.25. The zero-order valence-electron chi connectivity index (χ0n) is 19.7. The summed E-state index contributed by atoms with van der Waals surface area (Å²) in [5.41, 5.74) is 4.16. The molecule has 0 aliphatic carbocycles. The minimum absolute atomic E-state index is 0.0376. The molecule has 2 N–H and O–H groups in total. The SMILES string of the molecule is Cc1cc(C)c(C)c(S(=O)(=O)N2CCC(C(=O)NCCCC(=NO)c3cccs3)CC2)c1C. The van der Waals surface area contributed by atoms with Gasteiger partial charge < -0.3 is 10.5 Å². The first-order valence-electron chi connectivity index (χ1n) is 11.3. The minimum Gasteiger partial charge on any atom is -0.411 e. The van der Waals surface area contributed by atoms with Gasteiger partial charge in [0.2, 0.25) is 15.9 Å². The molecule has 1 aromatic heterocycles. The van der Waals surface area contributed by atoms with Gasteiger partial charge in [0.1, 0.15) is 0 Å². The summed E-state index contributed by atoms with van der Waals surface area (Å²) in [7, 11) is -3.61. The second kappa shape index (κ2) is 10.8. The summed E-state index contributed by atoms with van der Waals surface area (Å²) >= 11 is 1.51. The van der Waals surface area contributed by atoms with Crippen LogP contribution in [0.5, 0.6) is 0 Å². The third-order valence-electron chi connectivity index (χ3n) is 6.54. The number of sulfonamides is 1. The van der Waals surface area contributed by atoms with E-state index in [4.69, 9.17) is 0 Å². The molecule has 180 valence electrons. The summed E-state index contributed by atoms with van der Waals surface area (Å²) in [6, 6.07) is 5.83. The quantitative estimate of drug-likeness (QED) is 0.251. The second-order valence-electron chi connectivity index (χ2n) is 8.69. The summed E-state index contributed by atoms with van der Waals surface area (Å²) in [6.45, 7) is 8.77. The minimum atomic E-state index is -3.61. The summed E-state index contributed by atoms with van der Waals surface area (Å²) in [4.78, 5) is 13.9. The van der Waals surface area contributed by atoms with Gasteiger partial charge in [-0.25, -0.2) is 8.42 Å². The highest BCUT2D eigenvalue weighted by Crippen LogP contribution is 2.31. The van der Waals surface area contributed by atoms with Crippen molar-refractivity contribution in [2.24, 2.45) is 11.1 Å². The fourth-order valence-corrected chi connectivity index (χ4v) is 7.12. The van der Waals surface area contributed by atoms with Crippen molar-refractivity contribution >= 4 is 33.0 Å². The molecule has 2 aromatic rings. The zero-order valence-corrected chi connectivity index (χ0v) is 21.4. The van der Waals surface area contributed by atoms with Crippen LogP contribution in [0.25, 0.3) is 0 Å². The summed E-state index contributed by atoms with van der Waals surface area (Å²) in [5, 5.41) is 17.5. The van der Waals surface area contributed by atoms with E-state index >= 15 is 0 Å². The molecule has 0 unspecified atom stereocenters. The molecule has 1 aliphatic rings. The van der Waals surface area contributed by atoms with Gasteiger partial charge in [-0.1, -0.05) is 17.3 Å². The van der Waals surface area contributed by atoms with E-state index in [0.717, 1.165) is 27.1 Å². The van der Waals surface area contributed by atoms with E-state index in [9.17, 15) is 18.4 Å². The highest BCUT2D eigenvalue weighted by molar-refractivity contribution is 7.89. The Labute approximate surface area is 200 Å². The van der Waals surface area contributed by atoms with Crippen LogP contribution in [-0.4, -0.2) is 49.2 Å². The van der Waals surface area contributed by atoms with Crippen molar-refractivity contribution in [2.45, 2.75) is 58.3 Å². The fourth-order valence-electron chi connectivity index (χ4n) is 4.33. The predicted octanol–water partition coefficient (Wildman–Crippen LogP) is 4.16. The Bertz CT molecular complexity index is 1090. The number of hydrogen-bond acceptors (Lipinski definition) is 6. The lowest BCUT2D eigenvalue weighted by Crippen LogP contribution is -2.43. The lowest BCUT2D eigenvalue weighted by molar-refractivity contribution is -0.126. The monoisotopic (exact) mass is 491 g/mol. The van der Waals surface area contributed by atoms with Gasteiger partial charge in [-0.05, 0) is 87.1 Å². The largest absolute Gasteiger partial charge is 0.411 e. The molecule has 0 bridgehead atoms. The van der Waals surface area contributed by atoms with Crippen molar-refractivity contribution in [3.05, 3.63) is 50.7 Å². The maximum Gasteiger partial charge on any atom is 0.243 e. The number of benzene rings is 1. The van der Waals surface area contributed by atoms with E-state index in [1.165, 1.54) is 15.6 Å². The first-order chi connectivity index (χ1) is 15.7. The molecule has 1 aliphatic heterocycles. The molecule has 3 rings (SSSR count). The maximum atomic E-state index is 13.4. The van der Waals surface area contributed by atoms with E-state index in [-0.39, 0.29) is 11.8 Å². The number of nitrogens with one attached hydrogen (secondary N) is 1. The predicted molar refractivity (Wildman–Crippen MR) is 132 cm³/mol. The van der Waals surface area contributed by atoms with Crippen LogP contribution in [-0.2, 0) is 14.8 Å². The first-order valence-corrected chi connectivity index (χ1v) is 13.6. The molecule has 0 saturated carbocycles. The normalized spacial score (nSPS) is 16.2. The van der Waals surface area contributed by atoms with Crippen LogP contribution in [0.3, 0.4) is 0 Å². The summed E-state index contributed by atoms with van der Waals surface area (Å²) < 4.78 is 28.3. The lowest BCUT2D eigenvalue weighted by atomic mass is 9.97. The Morgan fingerprint density at radius 1 is 1.18 bits per heavy atom. The van der Waals surface area contributed by atoms with E-state index in [2.05, 4.69) is 10.5 Å². The van der Waals surface area contributed by atoms with E-state index < -0.39 is 10.0 Å². The van der Waals surface area contributed by atoms with Crippen LogP contribution in [0.1, 0.15) is 52.8 Å². The molecule has 9 heteroatoms. The zero-order chi connectivity index (χ0) is 24.2. The van der Waals surface area contributed by atoms with Crippen LogP contribution >= 0.6 is 11.3 Å². The summed E-state index contributed by atoms with van der Waals surface area (Å²) in [5.74, 6) is -0.231. The fraction of sp³-hybridized carbons (Fsp3) is 0.500. The van der Waals surface area contributed by atoms with Crippen molar-refractivity contribution < 1.29 is 18.4 Å². The molecular weight excluding hydrogens is 458 g/mol. The van der Waals surface area contributed by atoms with Crippen LogP contribution in [0, 0.1) is 33.6 Å². The van der Waals surface area contributed by atoms with Gasteiger partial charge in [-0.15, -0.1) is 11.3 Å². The van der Waals surface area contributed by atoms with Crippen molar-refractivity contribution in [1.29, 1.82) is 0 Å². The van der Waals surface area contributed by atoms with Crippen LogP contribution in [0.2, 0.25) is 0 Å². The van der Waals surface area contributed by atoms with Crippen molar-refractivity contribution in [1.82, 2.24) is 9.62 Å². The molecule has 1 fully saturated rings. The number of aryl methyl sites for hydroxylation is 2. The number of nitrogens with zero attached hydrogens (tertiary/aromatic N) is 2. The molecular formula is C24H33N3O4S2. The van der Waals surface area contributed by atoms with Gasteiger partial charge in [0.05, 0.1) is 15.5 Å². The second-order valence-corrected chi connectivity index (χ2v) is 11.5. The number of carbonyl (C=O) groups excluding carboxylic acids is 1. The third kappa shape index (κ3) is 5.65. The van der Waals surface area contributed by atoms with Gasteiger partial charge >= 0.3 is 0 Å². The number of carbonyl (C=O) groups is 1. The van der Waals surface area contributed by atoms with E-state index in [1.54, 1.807) is 0 Å². The van der Waals surface area contributed by atoms with Crippen molar-refractivity contribution in [3.8, 4) is 0 Å². The average molecular weight is 492 g/mol. The highest BCUT2D eigenvalue weighted by atomic mass is 32.2. The van der Waals surface area contributed by atoms with Crippen LogP contribution in [0.15, 0.2) is 33.6 Å². The van der Waals surface area contributed by atoms with Crippen LogP contribution < -0.4 is 5.32 Å². The Morgan fingerprint density at radius 3 is 2.36 bits per heavy atom. The van der Waals surface area contributed by atoms with Gasteiger partial charge in [-0.2, -0.15) is 4.31 Å². The third-order valence-corrected chi connectivity index (χ3v) is 9.63. The van der Waals surface area contributed by atoms with Gasteiger partial charge in [-0.3, -0.25) is 4.79 Å².